The molecule has 3 aromatic carbocycles. The van der Waals surface area contributed by atoms with Crippen molar-refractivity contribution in [2.24, 2.45) is 0 Å². The number of hydrogen-bond acceptors (Lipinski definition) is 3. The Bertz CT molecular complexity index is 1110. The number of Topliss-reactive ketones (excluding diaryl/α,β-unsaturated/α-hetero) is 1. The Morgan fingerprint density at radius 2 is 1.47 bits per heavy atom. The van der Waals surface area contributed by atoms with E-state index in [1.165, 1.54) is 6.92 Å². The normalized spacial score (nSPS) is 10.9. The minimum atomic E-state index is -0.505. The van der Waals surface area contributed by atoms with E-state index < -0.39 is 11.8 Å². The molecule has 150 valence electrons. The molecule has 30 heavy (non-hydrogen) atoms. The molecule has 3 aromatic rings. The molecular weight excluding hydrogens is 400 g/mol. The van der Waals surface area contributed by atoms with Crippen LogP contribution in [0.1, 0.15) is 33.2 Å². The third-order valence-electron chi connectivity index (χ3n) is 4.27. The van der Waals surface area contributed by atoms with Gasteiger partial charge in [-0.1, -0.05) is 54.1 Å². The number of anilines is 1. The van der Waals surface area contributed by atoms with Crippen LogP contribution in [0.15, 0.2) is 84.6 Å². The first-order valence-corrected chi connectivity index (χ1v) is 9.57. The number of carbonyl (C=O) groups excluding carboxylic acids is 3. The molecule has 0 aliphatic carbocycles. The summed E-state index contributed by atoms with van der Waals surface area (Å²) in [4.78, 5) is 37.0. The van der Waals surface area contributed by atoms with E-state index in [1.807, 2.05) is 30.3 Å². The first-order valence-electron chi connectivity index (χ1n) is 9.19. The average Bonchev–Trinajstić information content (AvgIpc) is 2.74. The van der Waals surface area contributed by atoms with E-state index >= 15 is 0 Å². The van der Waals surface area contributed by atoms with Crippen LogP contribution >= 0.6 is 11.6 Å². The summed E-state index contributed by atoms with van der Waals surface area (Å²) < 4.78 is 0. The Kier molecular flexibility index (Phi) is 6.78. The molecule has 3 rings (SSSR count). The number of nitrogens with one attached hydrogen (secondary N) is 2. The van der Waals surface area contributed by atoms with Crippen molar-refractivity contribution in [3.63, 3.8) is 0 Å². The molecule has 0 heterocycles. The summed E-state index contributed by atoms with van der Waals surface area (Å²) in [6, 6.07) is 22.3. The lowest BCUT2D eigenvalue weighted by Gasteiger charge is -2.12. The highest BCUT2D eigenvalue weighted by molar-refractivity contribution is 6.34. The summed E-state index contributed by atoms with van der Waals surface area (Å²) in [5.74, 6) is -1.07. The third-order valence-corrected chi connectivity index (χ3v) is 4.60. The topological polar surface area (TPSA) is 75.3 Å². The second-order valence-electron chi connectivity index (χ2n) is 6.49. The van der Waals surface area contributed by atoms with Crippen LogP contribution in [0, 0.1) is 0 Å². The summed E-state index contributed by atoms with van der Waals surface area (Å²) in [7, 11) is 0. The van der Waals surface area contributed by atoms with Crippen LogP contribution in [0.2, 0.25) is 5.02 Å². The second-order valence-corrected chi connectivity index (χ2v) is 6.90. The third kappa shape index (κ3) is 5.43. The van der Waals surface area contributed by atoms with Crippen molar-refractivity contribution in [1.29, 1.82) is 0 Å². The van der Waals surface area contributed by atoms with Crippen LogP contribution in [0.3, 0.4) is 0 Å². The van der Waals surface area contributed by atoms with Crippen molar-refractivity contribution in [2.75, 3.05) is 5.32 Å². The van der Waals surface area contributed by atoms with Crippen LogP contribution < -0.4 is 10.6 Å². The van der Waals surface area contributed by atoms with Crippen LogP contribution in [-0.4, -0.2) is 17.6 Å². The van der Waals surface area contributed by atoms with Crippen LogP contribution in [0.25, 0.3) is 6.08 Å². The number of amides is 2. The monoisotopic (exact) mass is 418 g/mol. The minimum absolute atomic E-state index is 0.0572. The predicted molar refractivity (Wildman–Crippen MR) is 118 cm³/mol. The molecule has 0 aliphatic rings. The maximum absolute atomic E-state index is 12.9. The van der Waals surface area contributed by atoms with Crippen molar-refractivity contribution in [3.8, 4) is 0 Å². The van der Waals surface area contributed by atoms with Gasteiger partial charge in [0.15, 0.2) is 5.78 Å². The van der Waals surface area contributed by atoms with E-state index in [1.54, 1.807) is 54.6 Å². The zero-order valence-electron chi connectivity index (χ0n) is 16.2. The van der Waals surface area contributed by atoms with Gasteiger partial charge in [-0.2, -0.15) is 0 Å². The number of carbonyl (C=O) groups is 3. The molecule has 0 radical (unpaired) electrons. The lowest BCUT2D eigenvalue weighted by atomic mass is 10.1. The Labute approximate surface area is 179 Å². The highest BCUT2D eigenvalue weighted by Gasteiger charge is 2.17. The molecule has 6 heteroatoms. The lowest BCUT2D eigenvalue weighted by Crippen LogP contribution is -2.31. The van der Waals surface area contributed by atoms with E-state index in [2.05, 4.69) is 10.6 Å². The standard InChI is InChI=1S/C24H19ClN2O3/c1-16(28)18-11-13-19(14-12-18)26-24(30)22(15-17-7-3-2-4-8-17)27-23(29)20-9-5-6-10-21(20)25/h2-15H,1H3,(H,26,30)(H,27,29)/b22-15-. The number of ketones is 1. The van der Waals surface area contributed by atoms with Gasteiger partial charge in [0.05, 0.1) is 10.6 Å². The van der Waals surface area contributed by atoms with Gasteiger partial charge in [0.2, 0.25) is 0 Å². The first kappa shape index (κ1) is 21.0. The van der Waals surface area contributed by atoms with Crippen molar-refractivity contribution >= 4 is 41.0 Å². The van der Waals surface area contributed by atoms with Gasteiger partial charge in [-0.3, -0.25) is 14.4 Å². The van der Waals surface area contributed by atoms with Crippen LogP contribution in [0.5, 0.6) is 0 Å². The largest absolute Gasteiger partial charge is 0.321 e. The molecular formula is C24H19ClN2O3. The molecule has 0 fully saturated rings. The smallest absolute Gasteiger partial charge is 0.272 e. The Hall–Kier alpha value is -3.70. The number of rotatable bonds is 6. The van der Waals surface area contributed by atoms with Crippen molar-refractivity contribution in [2.45, 2.75) is 6.92 Å². The molecule has 0 saturated heterocycles. The number of benzene rings is 3. The van der Waals surface area contributed by atoms with Gasteiger partial charge in [0, 0.05) is 11.3 Å². The second kappa shape index (κ2) is 9.67. The predicted octanol–water partition coefficient (Wildman–Crippen LogP) is 4.95. The van der Waals surface area contributed by atoms with Gasteiger partial charge in [-0.25, -0.2) is 0 Å². The summed E-state index contributed by atoms with van der Waals surface area (Å²) in [6.07, 6.45) is 1.58. The summed E-state index contributed by atoms with van der Waals surface area (Å²) in [5.41, 5.74) is 2.10. The summed E-state index contributed by atoms with van der Waals surface area (Å²) in [5, 5.41) is 5.66. The van der Waals surface area contributed by atoms with Gasteiger partial charge < -0.3 is 10.6 Å². The SMILES string of the molecule is CC(=O)c1ccc(NC(=O)/C(=C/c2ccccc2)NC(=O)c2ccccc2Cl)cc1. The summed E-state index contributed by atoms with van der Waals surface area (Å²) in [6.45, 7) is 1.47. The fourth-order valence-electron chi connectivity index (χ4n) is 2.70. The fraction of sp³-hybridized carbons (Fsp3) is 0.0417. The molecule has 0 saturated carbocycles. The molecule has 0 unspecified atom stereocenters. The molecule has 0 aromatic heterocycles. The van der Waals surface area contributed by atoms with Gasteiger partial charge in [0.25, 0.3) is 11.8 Å². The molecule has 0 bridgehead atoms. The molecule has 5 nitrogen and oxygen atoms in total. The quantitative estimate of drug-likeness (QED) is 0.439. The maximum atomic E-state index is 12.9. The van der Waals surface area contributed by atoms with Gasteiger partial charge in [-0.15, -0.1) is 0 Å². The zero-order chi connectivity index (χ0) is 21.5. The lowest BCUT2D eigenvalue weighted by molar-refractivity contribution is -0.113. The Balaban J connectivity index is 1.86. The fourth-order valence-corrected chi connectivity index (χ4v) is 2.92. The minimum Gasteiger partial charge on any atom is -0.321 e. The zero-order valence-corrected chi connectivity index (χ0v) is 16.9. The van der Waals surface area contributed by atoms with E-state index in [-0.39, 0.29) is 22.1 Å². The molecule has 2 amide bonds. The van der Waals surface area contributed by atoms with Crippen molar-refractivity contribution in [3.05, 3.63) is 106 Å². The van der Waals surface area contributed by atoms with Crippen LogP contribution in [0.4, 0.5) is 5.69 Å². The Morgan fingerprint density at radius 1 is 0.833 bits per heavy atom. The molecule has 0 aliphatic heterocycles. The average molecular weight is 419 g/mol. The van der Waals surface area contributed by atoms with E-state index in [0.29, 0.717) is 11.3 Å². The van der Waals surface area contributed by atoms with Crippen molar-refractivity contribution in [1.82, 2.24) is 5.32 Å². The maximum Gasteiger partial charge on any atom is 0.272 e. The molecule has 0 atom stereocenters. The van der Waals surface area contributed by atoms with E-state index in [9.17, 15) is 14.4 Å². The van der Waals surface area contributed by atoms with Gasteiger partial charge in [-0.05, 0) is 55.0 Å². The van der Waals surface area contributed by atoms with E-state index in [4.69, 9.17) is 11.6 Å². The molecule has 2 N–H and O–H groups in total. The highest BCUT2D eigenvalue weighted by Crippen LogP contribution is 2.17. The van der Waals surface area contributed by atoms with E-state index in [0.717, 1.165) is 5.56 Å². The number of halogens is 1. The number of hydrogen-bond donors (Lipinski definition) is 2. The van der Waals surface area contributed by atoms with Gasteiger partial charge >= 0.3 is 0 Å². The molecule has 0 spiro atoms. The van der Waals surface area contributed by atoms with Gasteiger partial charge in [0.1, 0.15) is 5.70 Å². The summed E-state index contributed by atoms with van der Waals surface area (Å²) >= 11 is 6.10. The first-order chi connectivity index (χ1) is 14.4. The highest BCUT2D eigenvalue weighted by atomic mass is 35.5. The Morgan fingerprint density at radius 3 is 2.10 bits per heavy atom. The van der Waals surface area contributed by atoms with Crippen LogP contribution in [-0.2, 0) is 4.79 Å². The van der Waals surface area contributed by atoms with Crippen molar-refractivity contribution < 1.29 is 14.4 Å².